The maximum Gasteiger partial charge on any atom is 0.142 e. The Morgan fingerprint density at radius 2 is 2.06 bits per heavy atom. The molecule has 0 aromatic carbocycles. The van der Waals surface area contributed by atoms with Gasteiger partial charge in [-0.2, -0.15) is 0 Å². The third-order valence-corrected chi connectivity index (χ3v) is 5.78. The van der Waals surface area contributed by atoms with Crippen LogP contribution in [0.3, 0.4) is 0 Å². The molecule has 0 N–H and O–H groups in total. The van der Waals surface area contributed by atoms with Gasteiger partial charge < -0.3 is 0 Å². The summed E-state index contributed by atoms with van der Waals surface area (Å²) in [5.41, 5.74) is 0.220. The fourth-order valence-electron chi connectivity index (χ4n) is 4.56. The molecule has 0 aliphatic heterocycles. The predicted octanol–water partition coefficient (Wildman–Crippen LogP) is 4.44. The van der Waals surface area contributed by atoms with Crippen LogP contribution in [0.1, 0.15) is 53.4 Å². The Morgan fingerprint density at radius 3 is 2.65 bits per heavy atom. The molecular weight excluding hydrogens is 276 g/mol. The lowest BCUT2D eigenvalue weighted by Gasteiger charge is -2.28. The van der Waals surface area contributed by atoms with Crippen LogP contribution in [0.2, 0.25) is 0 Å². The number of halogens is 1. The summed E-state index contributed by atoms with van der Waals surface area (Å²) in [7, 11) is 0. The number of fused-ring (bicyclic) bond motifs is 1. The molecule has 2 heteroatoms. The lowest BCUT2D eigenvalue weighted by molar-refractivity contribution is -0.129. The number of alkyl halides is 1. The van der Waals surface area contributed by atoms with E-state index in [9.17, 15) is 4.79 Å². The normalized spacial score (nSPS) is 41.6. The van der Waals surface area contributed by atoms with Crippen molar-refractivity contribution in [3.8, 4) is 0 Å². The van der Waals surface area contributed by atoms with Crippen molar-refractivity contribution in [2.24, 2.45) is 28.6 Å². The van der Waals surface area contributed by atoms with Gasteiger partial charge in [0.1, 0.15) is 5.78 Å². The van der Waals surface area contributed by atoms with Crippen molar-refractivity contribution in [1.29, 1.82) is 0 Å². The highest BCUT2D eigenvalue weighted by atomic mass is 79.9. The highest BCUT2D eigenvalue weighted by Crippen LogP contribution is 2.62. The number of ketones is 1. The number of Topliss-reactive ketones (excluding diaryl/α,β-unsaturated/α-hetero) is 1. The van der Waals surface area contributed by atoms with E-state index in [4.69, 9.17) is 0 Å². The first-order valence-corrected chi connectivity index (χ1v) is 8.04. The molecule has 0 unspecified atom stereocenters. The molecule has 2 aliphatic rings. The molecule has 98 valence electrons. The molecule has 0 bridgehead atoms. The molecule has 0 heterocycles. The molecule has 1 nitrogen and oxygen atoms in total. The van der Waals surface area contributed by atoms with Crippen molar-refractivity contribution in [3.05, 3.63) is 0 Å². The second-order valence-corrected chi connectivity index (χ2v) is 8.01. The van der Waals surface area contributed by atoms with Crippen LogP contribution in [0.15, 0.2) is 0 Å². The van der Waals surface area contributed by atoms with Crippen LogP contribution in [0.25, 0.3) is 0 Å². The minimum absolute atomic E-state index is 0.0772. The van der Waals surface area contributed by atoms with Gasteiger partial charge in [0.15, 0.2) is 0 Å². The van der Waals surface area contributed by atoms with E-state index in [2.05, 4.69) is 43.6 Å². The van der Waals surface area contributed by atoms with E-state index in [1.807, 2.05) is 0 Å². The second kappa shape index (κ2) is 4.36. The zero-order valence-electron chi connectivity index (χ0n) is 11.6. The first-order chi connectivity index (χ1) is 7.82. The maximum atomic E-state index is 12.6. The van der Waals surface area contributed by atoms with Crippen LogP contribution in [0, 0.1) is 28.6 Å². The highest BCUT2D eigenvalue weighted by molar-refractivity contribution is 9.09. The van der Waals surface area contributed by atoms with E-state index in [0.29, 0.717) is 29.0 Å². The Balaban J connectivity index is 2.22. The van der Waals surface area contributed by atoms with Gasteiger partial charge in [0.25, 0.3) is 0 Å². The van der Waals surface area contributed by atoms with Crippen molar-refractivity contribution in [2.45, 2.75) is 53.4 Å². The largest absolute Gasteiger partial charge is 0.299 e. The average Bonchev–Trinajstić information content (AvgIpc) is 2.61. The van der Waals surface area contributed by atoms with E-state index in [-0.39, 0.29) is 5.41 Å². The minimum Gasteiger partial charge on any atom is -0.299 e. The summed E-state index contributed by atoms with van der Waals surface area (Å²) in [6, 6.07) is 0. The second-order valence-electron chi connectivity index (χ2n) is 7.21. The quantitative estimate of drug-likeness (QED) is 0.704. The topological polar surface area (TPSA) is 17.1 Å². The molecule has 0 radical (unpaired) electrons. The first-order valence-electron chi connectivity index (χ1n) is 6.92. The SMILES string of the molecule is C[C@H](CCBr)[C@@H]1CC[C@@]2(C)CC(C)(C)C(=O)[C@@H]12. The van der Waals surface area contributed by atoms with Crippen LogP contribution >= 0.6 is 15.9 Å². The van der Waals surface area contributed by atoms with Crippen LogP contribution in [0.5, 0.6) is 0 Å². The molecule has 0 aromatic heterocycles. The monoisotopic (exact) mass is 300 g/mol. The van der Waals surface area contributed by atoms with E-state index >= 15 is 0 Å². The fourth-order valence-corrected chi connectivity index (χ4v) is 5.28. The molecule has 2 fully saturated rings. The molecule has 17 heavy (non-hydrogen) atoms. The maximum absolute atomic E-state index is 12.6. The van der Waals surface area contributed by atoms with Crippen LogP contribution in [-0.2, 0) is 4.79 Å². The molecule has 2 rings (SSSR count). The van der Waals surface area contributed by atoms with Gasteiger partial charge in [-0.1, -0.05) is 43.6 Å². The predicted molar refractivity (Wildman–Crippen MR) is 75.3 cm³/mol. The number of hydrogen-bond donors (Lipinski definition) is 0. The van der Waals surface area contributed by atoms with Gasteiger partial charge in [-0.3, -0.25) is 4.79 Å². The van der Waals surface area contributed by atoms with Gasteiger partial charge in [-0.05, 0) is 42.9 Å². The van der Waals surface area contributed by atoms with Gasteiger partial charge >= 0.3 is 0 Å². The van der Waals surface area contributed by atoms with E-state index in [0.717, 1.165) is 11.8 Å². The molecule has 2 aliphatic carbocycles. The molecule has 2 saturated carbocycles. The highest BCUT2D eigenvalue weighted by Gasteiger charge is 2.60. The summed E-state index contributed by atoms with van der Waals surface area (Å²) in [6.07, 6.45) is 4.81. The summed E-state index contributed by atoms with van der Waals surface area (Å²) in [4.78, 5) is 12.6. The molecule has 4 atom stereocenters. The number of hydrogen-bond acceptors (Lipinski definition) is 1. The fraction of sp³-hybridized carbons (Fsp3) is 0.933. The number of carbonyl (C=O) groups is 1. The van der Waals surface area contributed by atoms with Crippen molar-refractivity contribution in [3.63, 3.8) is 0 Å². The first kappa shape index (κ1) is 13.6. The average molecular weight is 301 g/mol. The van der Waals surface area contributed by atoms with Gasteiger partial charge in [-0.15, -0.1) is 0 Å². The van der Waals surface area contributed by atoms with Gasteiger partial charge in [0, 0.05) is 16.7 Å². The van der Waals surface area contributed by atoms with E-state index < -0.39 is 0 Å². The zero-order chi connectivity index (χ0) is 12.8. The van der Waals surface area contributed by atoms with Crippen molar-refractivity contribution in [1.82, 2.24) is 0 Å². The molecule has 0 aromatic rings. The van der Waals surface area contributed by atoms with Gasteiger partial charge in [-0.25, -0.2) is 0 Å². The van der Waals surface area contributed by atoms with E-state index in [1.54, 1.807) is 0 Å². The van der Waals surface area contributed by atoms with Crippen LogP contribution < -0.4 is 0 Å². The Labute approximate surface area is 114 Å². The summed E-state index contributed by atoms with van der Waals surface area (Å²) >= 11 is 3.54. The summed E-state index contributed by atoms with van der Waals surface area (Å²) < 4.78 is 0. The van der Waals surface area contributed by atoms with E-state index in [1.165, 1.54) is 19.3 Å². The Hall–Kier alpha value is 0.150. The Kier molecular flexibility index (Phi) is 3.48. The number of rotatable bonds is 3. The summed E-state index contributed by atoms with van der Waals surface area (Å²) in [5, 5.41) is 1.06. The molecule has 0 spiro atoms. The smallest absolute Gasteiger partial charge is 0.142 e. The Morgan fingerprint density at radius 1 is 1.41 bits per heavy atom. The molecule has 0 amide bonds. The zero-order valence-corrected chi connectivity index (χ0v) is 13.1. The lowest BCUT2D eigenvalue weighted by atomic mass is 9.75. The summed E-state index contributed by atoms with van der Waals surface area (Å²) in [5.74, 6) is 2.20. The van der Waals surface area contributed by atoms with Crippen molar-refractivity contribution >= 4 is 21.7 Å². The molecule has 0 saturated heterocycles. The summed E-state index contributed by atoms with van der Waals surface area (Å²) in [6.45, 7) is 8.97. The standard InChI is InChI=1S/C15H25BrO/c1-10(6-8-16)11-5-7-15(4)9-14(2,3)13(17)12(11)15/h10-12H,5-9H2,1-4H3/t10-,11+,12-,15+/m1/s1. The van der Waals surface area contributed by atoms with Crippen molar-refractivity contribution < 1.29 is 4.79 Å². The van der Waals surface area contributed by atoms with Gasteiger partial charge in [0.2, 0.25) is 0 Å². The molecular formula is C15H25BrO. The minimum atomic E-state index is -0.0772. The van der Waals surface area contributed by atoms with Gasteiger partial charge in [0.05, 0.1) is 0 Å². The third kappa shape index (κ3) is 2.11. The van der Waals surface area contributed by atoms with Crippen LogP contribution in [-0.4, -0.2) is 11.1 Å². The number of carbonyl (C=O) groups excluding carboxylic acids is 1. The van der Waals surface area contributed by atoms with Crippen molar-refractivity contribution in [2.75, 3.05) is 5.33 Å². The lowest BCUT2D eigenvalue weighted by Crippen LogP contribution is -2.30. The Bertz CT molecular complexity index is 323. The third-order valence-electron chi connectivity index (χ3n) is 5.32. The van der Waals surface area contributed by atoms with Crippen LogP contribution in [0.4, 0.5) is 0 Å².